The van der Waals surface area contributed by atoms with Gasteiger partial charge in [0.25, 0.3) is 0 Å². The summed E-state index contributed by atoms with van der Waals surface area (Å²) in [4.78, 5) is 46.8. The van der Waals surface area contributed by atoms with Gasteiger partial charge in [0.2, 0.25) is 12.6 Å². The van der Waals surface area contributed by atoms with Crippen LogP contribution >= 0.6 is 0 Å². The molecule has 160 valence electrons. The van der Waals surface area contributed by atoms with Crippen LogP contribution in [0.1, 0.15) is 27.7 Å². The lowest BCUT2D eigenvalue weighted by atomic mass is 10.3. The Bertz CT molecular complexity index is 657. The Morgan fingerprint density at radius 2 is 0.862 bits per heavy atom. The molecule has 0 saturated carbocycles. The first-order valence-corrected chi connectivity index (χ1v) is 8.38. The van der Waals surface area contributed by atoms with Crippen molar-refractivity contribution in [2.75, 3.05) is 13.2 Å². The molecule has 0 fully saturated rings. The van der Waals surface area contributed by atoms with Gasteiger partial charge in [-0.25, -0.2) is 19.2 Å². The Kier molecular flexibility index (Phi) is 10.9. The van der Waals surface area contributed by atoms with E-state index in [9.17, 15) is 19.2 Å². The van der Waals surface area contributed by atoms with E-state index >= 15 is 0 Å². The minimum absolute atomic E-state index is 0.0500. The van der Waals surface area contributed by atoms with Crippen molar-refractivity contribution in [2.24, 2.45) is 0 Å². The highest BCUT2D eigenvalue weighted by Crippen LogP contribution is 2.11. The Balaban J connectivity index is 5.36. The van der Waals surface area contributed by atoms with Crippen LogP contribution in [0.5, 0.6) is 0 Å². The number of hydrogen-bond donors (Lipinski definition) is 0. The molecule has 0 radical (unpaired) electrons. The quantitative estimate of drug-likeness (QED) is 0.206. The largest absolute Gasteiger partial charge is 0.456 e. The van der Waals surface area contributed by atoms with Gasteiger partial charge in [-0.2, -0.15) is 0 Å². The second-order valence-electron chi connectivity index (χ2n) is 6.12. The van der Waals surface area contributed by atoms with Crippen LogP contribution in [0, 0.1) is 0 Å². The number of rotatable bonds is 12. The number of esters is 4. The standard InChI is InChI=1S/C20H26O9/c1-11(2)17(21)25-9-15(28-19(23)13(5)6)27-16(29-20(24)14(7)8)10-26-18(22)12(3)4/h15-16H,1,3,5,7,9-10H2,2,4,6,8H3. The fourth-order valence-corrected chi connectivity index (χ4v) is 1.35. The Morgan fingerprint density at radius 3 is 1.10 bits per heavy atom. The monoisotopic (exact) mass is 410 g/mol. The molecule has 0 heterocycles. The second-order valence-corrected chi connectivity index (χ2v) is 6.12. The van der Waals surface area contributed by atoms with Crippen LogP contribution in [0.3, 0.4) is 0 Å². The summed E-state index contributed by atoms with van der Waals surface area (Å²) in [5.41, 5.74) is 0.314. The fourth-order valence-electron chi connectivity index (χ4n) is 1.35. The van der Waals surface area contributed by atoms with Gasteiger partial charge in [0.15, 0.2) is 13.2 Å². The third-order valence-corrected chi connectivity index (χ3v) is 2.88. The van der Waals surface area contributed by atoms with Gasteiger partial charge in [-0.05, 0) is 27.7 Å². The zero-order valence-electron chi connectivity index (χ0n) is 17.1. The number of ether oxygens (including phenoxy) is 5. The minimum atomic E-state index is -1.49. The van der Waals surface area contributed by atoms with E-state index in [-0.39, 0.29) is 22.3 Å². The molecule has 9 heteroatoms. The van der Waals surface area contributed by atoms with Crippen molar-refractivity contribution in [3.05, 3.63) is 48.6 Å². The summed E-state index contributed by atoms with van der Waals surface area (Å²) in [6.07, 6.45) is -2.98. The summed E-state index contributed by atoms with van der Waals surface area (Å²) in [6, 6.07) is 0. The number of carbonyl (C=O) groups excluding carboxylic acids is 4. The van der Waals surface area contributed by atoms with Gasteiger partial charge in [-0.3, -0.25) is 4.74 Å². The topological polar surface area (TPSA) is 114 Å². The molecule has 0 rings (SSSR count). The molecule has 0 aromatic heterocycles. The Morgan fingerprint density at radius 1 is 0.586 bits per heavy atom. The van der Waals surface area contributed by atoms with Gasteiger partial charge in [-0.1, -0.05) is 26.3 Å². The molecular formula is C20H26O9. The van der Waals surface area contributed by atoms with Crippen molar-refractivity contribution >= 4 is 23.9 Å². The lowest BCUT2D eigenvalue weighted by Gasteiger charge is -2.24. The number of carbonyl (C=O) groups is 4. The molecule has 0 bridgehead atoms. The van der Waals surface area contributed by atoms with Crippen LogP contribution < -0.4 is 0 Å². The zero-order chi connectivity index (χ0) is 22.7. The van der Waals surface area contributed by atoms with Gasteiger partial charge in [-0.15, -0.1) is 0 Å². The first-order chi connectivity index (χ1) is 13.3. The minimum Gasteiger partial charge on any atom is -0.456 e. The Labute approximate surface area is 169 Å². The molecule has 0 aliphatic carbocycles. The van der Waals surface area contributed by atoms with E-state index < -0.39 is 49.7 Å². The third kappa shape index (κ3) is 10.6. The highest BCUT2D eigenvalue weighted by molar-refractivity contribution is 5.88. The molecule has 9 nitrogen and oxygen atoms in total. The summed E-state index contributed by atoms with van der Waals surface area (Å²) in [6.45, 7) is 18.3. The first-order valence-electron chi connectivity index (χ1n) is 8.38. The van der Waals surface area contributed by atoms with Gasteiger partial charge in [0, 0.05) is 22.3 Å². The summed E-state index contributed by atoms with van der Waals surface area (Å²) < 4.78 is 25.3. The van der Waals surface area contributed by atoms with Crippen molar-refractivity contribution in [2.45, 2.75) is 40.3 Å². The average molecular weight is 410 g/mol. The third-order valence-electron chi connectivity index (χ3n) is 2.88. The molecule has 2 unspecified atom stereocenters. The van der Waals surface area contributed by atoms with E-state index in [2.05, 4.69) is 26.3 Å². The summed E-state index contributed by atoms with van der Waals surface area (Å²) in [5, 5.41) is 0. The molecule has 0 N–H and O–H groups in total. The smallest absolute Gasteiger partial charge is 0.335 e. The van der Waals surface area contributed by atoms with Gasteiger partial charge in [0.1, 0.15) is 0 Å². The molecule has 0 aromatic carbocycles. The predicted molar refractivity (Wildman–Crippen MR) is 102 cm³/mol. The van der Waals surface area contributed by atoms with Crippen molar-refractivity contribution in [3.8, 4) is 0 Å². The molecule has 0 saturated heterocycles. The van der Waals surface area contributed by atoms with E-state index in [0.29, 0.717) is 0 Å². The van der Waals surface area contributed by atoms with Crippen molar-refractivity contribution in [3.63, 3.8) is 0 Å². The van der Waals surface area contributed by atoms with Crippen molar-refractivity contribution in [1.29, 1.82) is 0 Å². The summed E-state index contributed by atoms with van der Waals surface area (Å²) in [7, 11) is 0. The summed E-state index contributed by atoms with van der Waals surface area (Å²) in [5.74, 6) is -3.20. The maximum atomic E-state index is 11.8. The molecule has 0 aliphatic heterocycles. The maximum absolute atomic E-state index is 11.8. The van der Waals surface area contributed by atoms with E-state index in [1.807, 2.05) is 0 Å². The molecule has 2 atom stereocenters. The summed E-state index contributed by atoms with van der Waals surface area (Å²) >= 11 is 0. The van der Waals surface area contributed by atoms with Crippen LogP contribution in [0.15, 0.2) is 48.6 Å². The van der Waals surface area contributed by atoms with E-state index in [1.165, 1.54) is 27.7 Å². The van der Waals surface area contributed by atoms with Crippen LogP contribution in [0.25, 0.3) is 0 Å². The molecule has 29 heavy (non-hydrogen) atoms. The maximum Gasteiger partial charge on any atom is 0.335 e. The van der Waals surface area contributed by atoms with Gasteiger partial charge in [0.05, 0.1) is 0 Å². The van der Waals surface area contributed by atoms with E-state index in [4.69, 9.17) is 23.7 Å². The van der Waals surface area contributed by atoms with Crippen LogP contribution in [0.4, 0.5) is 0 Å². The van der Waals surface area contributed by atoms with E-state index in [0.717, 1.165) is 0 Å². The van der Waals surface area contributed by atoms with Crippen LogP contribution in [-0.2, 0) is 42.9 Å². The van der Waals surface area contributed by atoms with Gasteiger partial charge < -0.3 is 18.9 Å². The highest BCUT2D eigenvalue weighted by atomic mass is 16.8. The zero-order valence-corrected chi connectivity index (χ0v) is 17.1. The molecule has 0 amide bonds. The lowest BCUT2D eigenvalue weighted by Crippen LogP contribution is -2.37. The second kappa shape index (κ2) is 12.3. The van der Waals surface area contributed by atoms with Crippen molar-refractivity contribution < 1.29 is 42.9 Å². The van der Waals surface area contributed by atoms with Crippen LogP contribution in [0.2, 0.25) is 0 Å². The molecular weight excluding hydrogens is 384 g/mol. The van der Waals surface area contributed by atoms with Gasteiger partial charge >= 0.3 is 23.9 Å². The molecule has 0 aromatic rings. The Hall–Kier alpha value is -3.20. The molecule has 0 spiro atoms. The highest BCUT2D eigenvalue weighted by Gasteiger charge is 2.26. The van der Waals surface area contributed by atoms with Crippen molar-refractivity contribution in [1.82, 2.24) is 0 Å². The van der Waals surface area contributed by atoms with E-state index in [1.54, 1.807) is 0 Å². The van der Waals surface area contributed by atoms with Crippen LogP contribution in [-0.4, -0.2) is 49.7 Å². The predicted octanol–water partition coefficient (Wildman–Crippen LogP) is 2.13. The molecule has 0 aliphatic rings. The first kappa shape index (κ1) is 25.8. The normalized spacial score (nSPS) is 12.0. The SMILES string of the molecule is C=C(C)C(=O)OCC(OC(=O)C(=C)C)OC(COC(=O)C(=C)C)OC(=O)C(=C)C. The fraction of sp³-hybridized carbons (Fsp3) is 0.400. The number of hydrogen-bond acceptors (Lipinski definition) is 9. The lowest BCUT2D eigenvalue weighted by molar-refractivity contribution is -0.253. The average Bonchev–Trinajstić information content (AvgIpc) is 2.62.